The molecule has 0 saturated carbocycles. The van der Waals surface area contributed by atoms with Crippen molar-refractivity contribution in [1.29, 1.82) is 0 Å². The van der Waals surface area contributed by atoms with E-state index in [1.807, 2.05) is 0 Å². The highest BCUT2D eigenvalue weighted by atomic mass is 28.3. The third-order valence-electron chi connectivity index (χ3n) is 4.26. The SMILES string of the molecule is C[Si](C)(/C=C/C=C/c1cccc2ccccc12)Cc1ccccc1. The van der Waals surface area contributed by atoms with E-state index in [-0.39, 0.29) is 0 Å². The molecular formula is C23H24Si. The highest BCUT2D eigenvalue weighted by molar-refractivity contribution is 6.81. The zero-order valence-corrected chi connectivity index (χ0v) is 15.4. The van der Waals surface area contributed by atoms with Crippen molar-refractivity contribution in [2.45, 2.75) is 19.1 Å². The van der Waals surface area contributed by atoms with Crippen LogP contribution < -0.4 is 0 Å². The van der Waals surface area contributed by atoms with Crippen LogP contribution in [0.25, 0.3) is 16.8 Å². The molecule has 0 saturated heterocycles. The number of rotatable bonds is 5. The van der Waals surface area contributed by atoms with Gasteiger partial charge in [-0.15, -0.1) is 0 Å². The van der Waals surface area contributed by atoms with Crippen LogP contribution in [0.2, 0.25) is 13.1 Å². The van der Waals surface area contributed by atoms with E-state index in [0.29, 0.717) is 0 Å². The lowest BCUT2D eigenvalue weighted by molar-refractivity contribution is 1.32. The van der Waals surface area contributed by atoms with E-state index in [1.54, 1.807) is 0 Å². The minimum atomic E-state index is -1.37. The number of allylic oxidation sites excluding steroid dienone is 2. The smallest absolute Gasteiger partial charge is 0.0760 e. The summed E-state index contributed by atoms with van der Waals surface area (Å²) in [5.74, 6) is 0. The van der Waals surface area contributed by atoms with Gasteiger partial charge in [0.05, 0.1) is 8.07 Å². The Kier molecular flexibility index (Phi) is 5.12. The van der Waals surface area contributed by atoms with Crippen molar-refractivity contribution in [2.24, 2.45) is 0 Å². The van der Waals surface area contributed by atoms with Gasteiger partial charge in [-0.2, -0.15) is 0 Å². The average Bonchev–Trinajstić information content (AvgIpc) is 2.59. The maximum atomic E-state index is 2.43. The molecule has 0 spiro atoms. The molecule has 1 heteroatoms. The molecule has 0 fully saturated rings. The molecule has 0 amide bonds. The van der Waals surface area contributed by atoms with Gasteiger partial charge in [-0.25, -0.2) is 0 Å². The molecule has 0 aromatic heterocycles. The molecule has 0 bridgehead atoms. The van der Waals surface area contributed by atoms with E-state index >= 15 is 0 Å². The van der Waals surface area contributed by atoms with Crippen LogP contribution >= 0.6 is 0 Å². The van der Waals surface area contributed by atoms with Gasteiger partial charge in [0, 0.05) is 0 Å². The lowest BCUT2D eigenvalue weighted by Gasteiger charge is -2.17. The monoisotopic (exact) mass is 328 g/mol. The first-order valence-electron chi connectivity index (χ1n) is 8.52. The lowest BCUT2D eigenvalue weighted by Crippen LogP contribution is -2.26. The van der Waals surface area contributed by atoms with Crippen molar-refractivity contribution in [3.8, 4) is 0 Å². The zero-order chi connectivity index (χ0) is 16.8. The fourth-order valence-electron chi connectivity index (χ4n) is 3.05. The summed E-state index contributed by atoms with van der Waals surface area (Å²) in [5.41, 5.74) is 5.15. The van der Waals surface area contributed by atoms with Crippen LogP contribution in [0.5, 0.6) is 0 Å². The Balaban J connectivity index is 1.71. The average molecular weight is 329 g/mol. The van der Waals surface area contributed by atoms with E-state index in [1.165, 1.54) is 27.9 Å². The number of hydrogen-bond donors (Lipinski definition) is 0. The van der Waals surface area contributed by atoms with Crippen LogP contribution in [0.15, 0.2) is 90.6 Å². The molecule has 0 heterocycles. The quantitative estimate of drug-likeness (QED) is 0.373. The zero-order valence-electron chi connectivity index (χ0n) is 14.4. The van der Waals surface area contributed by atoms with Crippen LogP contribution in [-0.4, -0.2) is 8.07 Å². The highest BCUT2D eigenvalue weighted by Crippen LogP contribution is 2.20. The Morgan fingerprint density at radius 3 is 2.29 bits per heavy atom. The van der Waals surface area contributed by atoms with Gasteiger partial charge in [0.25, 0.3) is 0 Å². The van der Waals surface area contributed by atoms with Crippen molar-refractivity contribution in [1.82, 2.24) is 0 Å². The van der Waals surface area contributed by atoms with Crippen LogP contribution in [0, 0.1) is 0 Å². The van der Waals surface area contributed by atoms with Gasteiger partial charge in [0.15, 0.2) is 0 Å². The predicted molar refractivity (Wildman–Crippen MR) is 110 cm³/mol. The van der Waals surface area contributed by atoms with E-state index in [2.05, 4.69) is 110 Å². The Labute approximate surface area is 146 Å². The highest BCUT2D eigenvalue weighted by Gasteiger charge is 2.16. The first kappa shape index (κ1) is 16.5. The Morgan fingerprint density at radius 2 is 1.46 bits per heavy atom. The molecule has 3 aromatic rings. The van der Waals surface area contributed by atoms with Gasteiger partial charge in [-0.3, -0.25) is 0 Å². The van der Waals surface area contributed by atoms with Crippen LogP contribution in [0.3, 0.4) is 0 Å². The lowest BCUT2D eigenvalue weighted by atomic mass is 10.0. The first-order valence-corrected chi connectivity index (χ1v) is 11.8. The minimum absolute atomic E-state index is 1.19. The summed E-state index contributed by atoms with van der Waals surface area (Å²) < 4.78 is 0. The summed E-state index contributed by atoms with van der Waals surface area (Å²) in [6, 6.07) is 27.0. The van der Waals surface area contributed by atoms with Gasteiger partial charge in [0.1, 0.15) is 0 Å². The summed E-state index contributed by atoms with van der Waals surface area (Å²) in [6.45, 7) is 4.84. The molecule has 24 heavy (non-hydrogen) atoms. The van der Waals surface area contributed by atoms with Crippen LogP contribution in [0.4, 0.5) is 0 Å². The maximum absolute atomic E-state index is 2.43. The second-order valence-electron chi connectivity index (χ2n) is 6.94. The molecule has 0 nitrogen and oxygen atoms in total. The molecular weight excluding hydrogens is 304 g/mol. The molecule has 0 radical (unpaired) electrons. The van der Waals surface area contributed by atoms with Gasteiger partial charge in [-0.1, -0.05) is 115 Å². The largest absolute Gasteiger partial charge is 0.0944 e. The fraction of sp³-hybridized carbons (Fsp3) is 0.130. The van der Waals surface area contributed by atoms with Gasteiger partial charge in [0.2, 0.25) is 0 Å². The summed E-state index contributed by atoms with van der Waals surface area (Å²) >= 11 is 0. The molecule has 0 unspecified atom stereocenters. The second kappa shape index (κ2) is 7.46. The van der Waals surface area contributed by atoms with Crippen LogP contribution in [0.1, 0.15) is 11.1 Å². The molecule has 0 aliphatic heterocycles. The molecule has 3 rings (SSSR count). The maximum Gasteiger partial charge on any atom is 0.0760 e. The van der Waals surface area contributed by atoms with E-state index < -0.39 is 8.07 Å². The Bertz CT molecular complexity index is 852. The van der Waals surface area contributed by atoms with Crippen molar-refractivity contribution in [3.05, 3.63) is 102 Å². The third-order valence-corrected chi connectivity index (χ3v) is 6.67. The summed E-state index contributed by atoms with van der Waals surface area (Å²) in [4.78, 5) is 0. The minimum Gasteiger partial charge on any atom is -0.0944 e. The second-order valence-corrected chi connectivity index (χ2v) is 11.6. The van der Waals surface area contributed by atoms with Crippen molar-refractivity contribution < 1.29 is 0 Å². The predicted octanol–water partition coefficient (Wildman–Crippen LogP) is 6.44. The Hall–Kier alpha value is -2.38. The van der Waals surface area contributed by atoms with Crippen molar-refractivity contribution in [3.63, 3.8) is 0 Å². The van der Waals surface area contributed by atoms with E-state index in [4.69, 9.17) is 0 Å². The number of fused-ring (bicyclic) bond motifs is 1. The molecule has 0 atom stereocenters. The molecule has 120 valence electrons. The first-order chi connectivity index (χ1) is 11.6. The number of hydrogen-bond acceptors (Lipinski definition) is 0. The third kappa shape index (κ3) is 4.33. The summed E-state index contributed by atoms with van der Waals surface area (Å²) in [5, 5.41) is 2.60. The normalized spacial score (nSPS) is 12.4. The Morgan fingerprint density at radius 1 is 0.750 bits per heavy atom. The molecule has 0 N–H and O–H groups in total. The molecule has 0 aliphatic rings. The van der Waals surface area contributed by atoms with Crippen molar-refractivity contribution in [2.75, 3.05) is 0 Å². The molecule has 0 aliphatic carbocycles. The van der Waals surface area contributed by atoms with Crippen molar-refractivity contribution >= 4 is 24.9 Å². The standard InChI is InChI=1S/C23H24Si/c1-24(2,19-20-11-4-3-5-12-20)18-9-8-14-22-16-10-15-21-13-6-7-17-23(21)22/h3-18H,19H2,1-2H3/b14-8+,18-9+. The summed E-state index contributed by atoms with van der Waals surface area (Å²) in [7, 11) is -1.37. The topological polar surface area (TPSA) is 0 Å². The summed E-state index contributed by atoms with van der Waals surface area (Å²) in [6.07, 6.45) is 6.63. The van der Waals surface area contributed by atoms with Gasteiger partial charge in [-0.05, 0) is 22.4 Å². The van der Waals surface area contributed by atoms with E-state index in [0.717, 1.165) is 0 Å². The van der Waals surface area contributed by atoms with Gasteiger partial charge >= 0.3 is 0 Å². The fourth-order valence-corrected chi connectivity index (χ4v) is 5.09. The number of benzene rings is 3. The van der Waals surface area contributed by atoms with Gasteiger partial charge < -0.3 is 0 Å². The van der Waals surface area contributed by atoms with E-state index in [9.17, 15) is 0 Å². The molecule has 3 aromatic carbocycles. The van der Waals surface area contributed by atoms with Crippen LogP contribution in [-0.2, 0) is 6.04 Å².